The largest absolute Gasteiger partial charge is 0.467 e. The molecule has 3 aromatic rings. The summed E-state index contributed by atoms with van der Waals surface area (Å²) in [7, 11) is 0. The first-order valence-corrected chi connectivity index (χ1v) is 8.51. The van der Waals surface area contributed by atoms with Crippen molar-refractivity contribution in [2.45, 2.75) is 19.4 Å². The van der Waals surface area contributed by atoms with E-state index < -0.39 is 0 Å². The summed E-state index contributed by atoms with van der Waals surface area (Å²) < 4.78 is 24.5. The zero-order chi connectivity index (χ0) is 19.1. The molecule has 2 amide bonds. The van der Waals surface area contributed by atoms with Crippen molar-refractivity contribution in [3.63, 3.8) is 0 Å². The quantitative estimate of drug-likeness (QED) is 0.638. The lowest BCUT2D eigenvalue weighted by molar-refractivity contribution is -0.126. The molecule has 0 aliphatic carbocycles. The first kappa shape index (κ1) is 18.4. The van der Waals surface area contributed by atoms with Gasteiger partial charge in [-0.1, -0.05) is 12.1 Å². The second-order valence-corrected chi connectivity index (χ2v) is 5.88. The lowest BCUT2D eigenvalue weighted by Crippen LogP contribution is -2.36. The number of furan rings is 2. The summed E-state index contributed by atoms with van der Waals surface area (Å²) in [6, 6.07) is 13.2. The Kier molecular flexibility index (Phi) is 6.04. The maximum absolute atomic E-state index is 13.8. The Hall–Kier alpha value is -3.35. The highest BCUT2D eigenvalue weighted by molar-refractivity contribution is 5.84. The molecule has 6 nitrogen and oxygen atoms in total. The lowest BCUT2D eigenvalue weighted by Gasteiger charge is -2.05. The Morgan fingerprint density at radius 1 is 0.926 bits per heavy atom. The maximum Gasteiger partial charge on any atom is 0.239 e. The molecule has 140 valence electrons. The molecule has 1 aromatic carbocycles. The third kappa shape index (κ3) is 5.31. The van der Waals surface area contributed by atoms with E-state index in [2.05, 4.69) is 10.6 Å². The minimum atomic E-state index is -0.364. The van der Waals surface area contributed by atoms with Crippen LogP contribution < -0.4 is 10.6 Å². The minimum Gasteiger partial charge on any atom is -0.467 e. The predicted octanol–water partition coefficient (Wildman–Crippen LogP) is 3.04. The second kappa shape index (κ2) is 8.84. The highest BCUT2D eigenvalue weighted by atomic mass is 19.1. The third-order valence-corrected chi connectivity index (χ3v) is 3.89. The molecular weight excluding hydrogens is 351 g/mol. The first-order valence-electron chi connectivity index (χ1n) is 8.51. The van der Waals surface area contributed by atoms with E-state index in [1.165, 1.54) is 12.3 Å². The summed E-state index contributed by atoms with van der Waals surface area (Å²) in [6.07, 6.45) is 2.04. The molecular formula is C20H19FN2O4. The Balaban J connectivity index is 1.40. The summed E-state index contributed by atoms with van der Waals surface area (Å²) in [5, 5.41) is 5.19. The van der Waals surface area contributed by atoms with Crippen LogP contribution >= 0.6 is 0 Å². The first-order chi connectivity index (χ1) is 13.1. The minimum absolute atomic E-state index is 0.113. The Labute approximate surface area is 155 Å². The summed E-state index contributed by atoms with van der Waals surface area (Å²) in [5.74, 6) is 0.688. The Bertz CT molecular complexity index is 902. The molecule has 0 unspecified atom stereocenters. The van der Waals surface area contributed by atoms with E-state index in [-0.39, 0.29) is 37.1 Å². The molecule has 0 aliphatic heterocycles. The van der Waals surface area contributed by atoms with Gasteiger partial charge in [0.15, 0.2) is 0 Å². The predicted molar refractivity (Wildman–Crippen MR) is 96.0 cm³/mol. The number of amides is 2. The van der Waals surface area contributed by atoms with Crippen molar-refractivity contribution in [2.24, 2.45) is 0 Å². The van der Waals surface area contributed by atoms with Crippen molar-refractivity contribution in [1.29, 1.82) is 0 Å². The molecule has 0 fully saturated rings. The number of aryl methyl sites for hydroxylation is 1. The highest BCUT2D eigenvalue weighted by Crippen LogP contribution is 2.25. The smallest absolute Gasteiger partial charge is 0.239 e. The van der Waals surface area contributed by atoms with Crippen LogP contribution in [0.4, 0.5) is 4.39 Å². The summed E-state index contributed by atoms with van der Waals surface area (Å²) in [4.78, 5) is 23.6. The Morgan fingerprint density at radius 3 is 2.56 bits per heavy atom. The van der Waals surface area contributed by atoms with Crippen molar-refractivity contribution in [3.05, 3.63) is 72.1 Å². The number of halogens is 1. The molecule has 27 heavy (non-hydrogen) atoms. The summed E-state index contributed by atoms with van der Waals surface area (Å²) in [6.45, 7) is 0.158. The van der Waals surface area contributed by atoms with E-state index >= 15 is 0 Å². The topological polar surface area (TPSA) is 84.5 Å². The molecule has 0 bridgehead atoms. The van der Waals surface area contributed by atoms with Crippen LogP contribution in [-0.2, 0) is 22.6 Å². The second-order valence-electron chi connectivity index (χ2n) is 5.88. The standard InChI is InChI=1S/C20H19FN2O4/c21-17-6-2-1-5-16(17)18-9-7-14(27-18)8-10-19(24)23-13-20(25)22-12-15-4-3-11-26-15/h1-7,9,11H,8,10,12-13H2,(H,22,25)(H,23,24). The van der Waals surface area contributed by atoms with E-state index in [1.54, 1.807) is 42.5 Å². The molecule has 0 saturated carbocycles. The maximum atomic E-state index is 13.8. The zero-order valence-electron chi connectivity index (χ0n) is 14.5. The van der Waals surface area contributed by atoms with Crippen molar-refractivity contribution in [2.75, 3.05) is 6.54 Å². The van der Waals surface area contributed by atoms with E-state index in [9.17, 15) is 14.0 Å². The Morgan fingerprint density at radius 2 is 1.78 bits per heavy atom. The van der Waals surface area contributed by atoms with E-state index in [0.717, 1.165) is 0 Å². The van der Waals surface area contributed by atoms with E-state index in [0.29, 0.717) is 29.3 Å². The molecule has 7 heteroatoms. The molecule has 2 N–H and O–H groups in total. The molecule has 0 saturated heterocycles. The van der Waals surface area contributed by atoms with Crippen LogP contribution in [0.2, 0.25) is 0 Å². The van der Waals surface area contributed by atoms with Gasteiger partial charge in [-0.05, 0) is 36.4 Å². The van der Waals surface area contributed by atoms with Gasteiger partial charge in [0.25, 0.3) is 0 Å². The van der Waals surface area contributed by atoms with Crippen molar-refractivity contribution >= 4 is 11.8 Å². The van der Waals surface area contributed by atoms with Crippen molar-refractivity contribution < 1.29 is 22.8 Å². The normalized spacial score (nSPS) is 10.6. The van der Waals surface area contributed by atoms with Gasteiger partial charge < -0.3 is 19.5 Å². The van der Waals surface area contributed by atoms with Gasteiger partial charge in [0.1, 0.15) is 23.1 Å². The van der Waals surface area contributed by atoms with Gasteiger partial charge >= 0.3 is 0 Å². The molecule has 0 atom stereocenters. The molecule has 3 rings (SSSR count). The van der Waals surface area contributed by atoms with Crippen LogP contribution in [0.3, 0.4) is 0 Å². The van der Waals surface area contributed by atoms with Crippen molar-refractivity contribution in [3.8, 4) is 11.3 Å². The van der Waals surface area contributed by atoms with Gasteiger partial charge in [-0.15, -0.1) is 0 Å². The molecule has 0 radical (unpaired) electrons. The SMILES string of the molecule is O=C(CCc1ccc(-c2ccccc2F)o1)NCC(=O)NCc1ccco1. The fraction of sp³-hybridized carbons (Fsp3) is 0.200. The number of hydrogen-bond acceptors (Lipinski definition) is 4. The van der Waals surface area contributed by atoms with Gasteiger partial charge in [0.2, 0.25) is 11.8 Å². The van der Waals surface area contributed by atoms with Gasteiger partial charge in [-0.25, -0.2) is 4.39 Å². The fourth-order valence-electron chi connectivity index (χ4n) is 2.48. The third-order valence-electron chi connectivity index (χ3n) is 3.89. The molecule has 0 spiro atoms. The molecule has 2 aromatic heterocycles. The molecule has 2 heterocycles. The fourth-order valence-corrected chi connectivity index (χ4v) is 2.48. The van der Waals surface area contributed by atoms with Gasteiger partial charge in [0, 0.05) is 12.8 Å². The number of nitrogens with one attached hydrogen (secondary N) is 2. The number of hydrogen-bond donors (Lipinski definition) is 2. The van der Waals surface area contributed by atoms with Crippen LogP contribution in [0.25, 0.3) is 11.3 Å². The van der Waals surface area contributed by atoms with Crippen LogP contribution in [0.15, 0.2) is 63.6 Å². The van der Waals surface area contributed by atoms with Gasteiger partial charge in [-0.2, -0.15) is 0 Å². The van der Waals surface area contributed by atoms with Gasteiger partial charge in [-0.3, -0.25) is 9.59 Å². The highest BCUT2D eigenvalue weighted by Gasteiger charge is 2.11. The number of carbonyl (C=O) groups is 2. The average Bonchev–Trinajstić information content (AvgIpc) is 3.35. The van der Waals surface area contributed by atoms with Gasteiger partial charge in [0.05, 0.1) is 24.9 Å². The lowest BCUT2D eigenvalue weighted by atomic mass is 10.1. The van der Waals surface area contributed by atoms with Crippen LogP contribution in [0.5, 0.6) is 0 Å². The summed E-state index contributed by atoms with van der Waals surface area (Å²) >= 11 is 0. The zero-order valence-corrected chi connectivity index (χ0v) is 14.5. The monoisotopic (exact) mass is 370 g/mol. The van der Waals surface area contributed by atoms with E-state index in [4.69, 9.17) is 8.83 Å². The van der Waals surface area contributed by atoms with Crippen LogP contribution in [0.1, 0.15) is 17.9 Å². The van der Waals surface area contributed by atoms with Crippen LogP contribution in [-0.4, -0.2) is 18.4 Å². The molecule has 0 aliphatic rings. The number of rotatable bonds is 8. The van der Waals surface area contributed by atoms with Crippen LogP contribution in [0, 0.1) is 5.82 Å². The number of benzene rings is 1. The number of carbonyl (C=O) groups excluding carboxylic acids is 2. The summed E-state index contributed by atoms with van der Waals surface area (Å²) in [5.41, 5.74) is 0.376. The van der Waals surface area contributed by atoms with E-state index in [1.807, 2.05) is 0 Å². The van der Waals surface area contributed by atoms with Crippen molar-refractivity contribution in [1.82, 2.24) is 10.6 Å². The average molecular weight is 370 g/mol.